The molecule has 0 bridgehead atoms. The highest BCUT2D eigenvalue weighted by atomic mass is 16.1. The number of nitrogens with one attached hydrogen (secondary N) is 1. The lowest BCUT2D eigenvalue weighted by molar-refractivity contribution is 0.709. The van der Waals surface area contributed by atoms with E-state index >= 15 is 0 Å². The first kappa shape index (κ1) is 9.40. The van der Waals surface area contributed by atoms with E-state index in [0.717, 1.165) is 24.4 Å². The van der Waals surface area contributed by atoms with Crippen LogP contribution >= 0.6 is 0 Å². The van der Waals surface area contributed by atoms with Crippen molar-refractivity contribution in [2.75, 3.05) is 0 Å². The van der Waals surface area contributed by atoms with E-state index in [2.05, 4.69) is 9.97 Å². The van der Waals surface area contributed by atoms with Crippen LogP contribution in [0.2, 0.25) is 0 Å². The number of hydrogen-bond acceptors (Lipinski definition) is 3. The third-order valence-corrected chi connectivity index (χ3v) is 2.31. The van der Waals surface area contributed by atoms with Crippen molar-refractivity contribution >= 4 is 0 Å². The second-order valence-corrected chi connectivity index (χ2v) is 4.08. The molecule has 14 heavy (non-hydrogen) atoms. The number of rotatable bonds is 3. The maximum Gasteiger partial charge on any atom is 0.251 e. The Balaban J connectivity index is 2.26. The van der Waals surface area contributed by atoms with Crippen molar-refractivity contribution in [1.82, 2.24) is 9.97 Å². The van der Waals surface area contributed by atoms with Crippen LogP contribution in [0.5, 0.6) is 0 Å². The van der Waals surface area contributed by atoms with Crippen molar-refractivity contribution in [1.29, 1.82) is 0 Å². The molecule has 4 heteroatoms. The first-order valence-electron chi connectivity index (χ1n) is 5.01. The maximum atomic E-state index is 11.3. The summed E-state index contributed by atoms with van der Waals surface area (Å²) < 4.78 is 0. The van der Waals surface area contributed by atoms with Gasteiger partial charge in [0.25, 0.3) is 5.56 Å². The van der Waals surface area contributed by atoms with E-state index in [1.165, 1.54) is 6.07 Å². The van der Waals surface area contributed by atoms with Gasteiger partial charge in [0.2, 0.25) is 0 Å². The van der Waals surface area contributed by atoms with Crippen LogP contribution in [0.1, 0.15) is 37.2 Å². The van der Waals surface area contributed by atoms with Gasteiger partial charge < -0.3 is 10.7 Å². The summed E-state index contributed by atoms with van der Waals surface area (Å²) in [4.78, 5) is 18.5. The highest BCUT2D eigenvalue weighted by Crippen LogP contribution is 2.37. The lowest BCUT2D eigenvalue weighted by atomic mass is 10.2. The fraction of sp³-hybridized carbons (Fsp3) is 0.600. The van der Waals surface area contributed by atoms with Crippen molar-refractivity contribution in [3.8, 4) is 0 Å². The zero-order valence-electron chi connectivity index (χ0n) is 8.29. The molecule has 76 valence electrons. The second kappa shape index (κ2) is 3.53. The molecule has 1 unspecified atom stereocenters. The summed E-state index contributed by atoms with van der Waals surface area (Å²) >= 11 is 0. The smallest absolute Gasteiger partial charge is 0.251 e. The molecule has 1 aromatic heterocycles. The summed E-state index contributed by atoms with van der Waals surface area (Å²) in [6.07, 6.45) is 2.96. The minimum absolute atomic E-state index is 0.0522. The molecule has 0 saturated heterocycles. The van der Waals surface area contributed by atoms with Gasteiger partial charge >= 0.3 is 0 Å². The number of nitrogens with zero attached hydrogens (tertiary/aromatic N) is 1. The van der Waals surface area contributed by atoms with Crippen molar-refractivity contribution in [3.05, 3.63) is 27.9 Å². The van der Waals surface area contributed by atoms with Gasteiger partial charge in [-0.1, -0.05) is 0 Å². The van der Waals surface area contributed by atoms with Crippen molar-refractivity contribution in [2.24, 2.45) is 5.73 Å². The highest BCUT2D eigenvalue weighted by Gasteiger charge is 2.26. The summed E-state index contributed by atoms with van der Waals surface area (Å²) in [7, 11) is 0. The lowest BCUT2D eigenvalue weighted by Crippen LogP contribution is -2.21. The summed E-state index contributed by atoms with van der Waals surface area (Å²) in [5.41, 5.74) is 6.42. The first-order chi connectivity index (χ1) is 6.65. The molecule has 3 N–H and O–H groups in total. The van der Waals surface area contributed by atoms with Crippen LogP contribution in [-0.2, 0) is 6.42 Å². The molecule has 0 radical (unpaired) electrons. The molecule has 1 aliphatic carbocycles. The monoisotopic (exact) mass is 193 g/mol. The Morgan fingerprint density at radius 3 is 3.00 bits per heavy atom. The third-order valence-electron chi connectivity index (χ3n) is 2.31. The summed E-state index contributed by atoms with van der Waals surface area (Å²) in [6.45, 7) is 1.92. The molecule has 1 saturated carbocycles. The maximum absolute atomic E-state index is 11.3. The SMILES string of the molecule is CC(N)Cc1cc(=O)[nH]c(C2CC2)n1. The number of nitrogens with two attached hydrogens (primary N) is 1. The van der Waals surface area contributed by atoms with Crippen LogP contribution in [0.25, 0.3) is 0 Å². The van der Waals surface area contributed by atoms with Crippen LogP contribution in [0.15, 0.2) is 10.9 Å². The predicted octanol–water partition coefficient (Wildman–Crippen LogP) is 0.537. The molecule has 0 aliphatic heterocycles. The molecule has 1 aromatic rings. The highest BCUT2D eigenvalue weighted by molar-refractivity contribution is 5.10. The van der Waals surface area contributed by atoms with E-state index in [-0.39, 0.29) is 11.6 Å². The molecule has 0 amide bonds. The minimum Gasteiger partial charge on any atom is -0.328 e. The van der Waals surface area contributed by atoms with Crippen LogP contribution in [0, 0.1) is 0 Å². The number of hydrogen-bond donors (Lipinski definition) is 2. The molecule has 1 heterocycles. The Labute approximate surface area is 82.6 Å². The Bertz CT molecular complexity index is 379. The Morgan fingerprint density at radius 2 is 2.43 bits per heavy atom. The normalized spacial score (nSPS) is 18.1. The Hall–Kier alpha value is -1.16. The second-order valence-electron chi connectivity index (χ2n) is 4.08. The fourth-order valence-electron chi connectivity index (χ4n) is 1.51. The van der Waals surface area contributed by atoms with E-state index < -0.39 is 0 Å². The van der Waals surface area contributed by atoms with Gasteiger partial charge in [-0.05, 0) is 19.8 Å². The van der Waals surface area contributed by atoms with Gasteiger partial charge in [0.1, 0.15) is 5.82 Å². The molecule has 1 fully saturated rings. The molecule has 2 rings (SSSR count). The van der Waals surface area contributed by atoms with Crippen molar-refractivity contribution in [3.63, 3.8) is 0 Å². The first-order valence-corrected chi connectivity index (χ1v) is 5.01. The van der Waals surface area contributed by atoms with Gasteiger partial charge in [-0.25, -0.2) is 4.98 Å². The summed E-state index contributed by atoms with van der Waals surface area (Å²) in [5.74, 6) is 1.32. The predicted molar refractivity (Wildman–Crippen MR) is 54.2 cm³/mol. The van der Waals surface area contributed by atoms with Crippen molar-refractivity contribution in [2.45, 2.75) is 38.1 Å². The fourth-order valence-corrected chi connectivity index (χ4v) is 1.51. The van der Waals surface area contributed by atoms with Crippen LogP contribution in [0.3, 0.4) is 0 Å². The zero-order valence-corrected chi connectivity index (χ0v) is 8.29. The molecular formula is C10H15N3O. The van der Waals surface area contributed by atoms with Gasteiger partial charge in [-0.2, -0.15) is 0 Å². The standard InChI is InChI=1S/C10H15N3O/c1-6(11)4-8-5-9(14)13-10(12-8)7-2-3-7/h5-7H,2-4,11H2,1H3,(H,12,13,14). The van der Waals surface area contributed by atoms with E-state index in [1.807, 2.05) is 6.92 Å². The molecule has 0 aromatic carbocycles. The molecule has 0 spiro atoms. The number of aromatic amines is 1. The van der Waals surface area contributed by atoms with Gasteiger partial charge in [0.05, 0.1) is 0 Å². The molecule has 4 nitrogen and oxygen atoms in total. The van der Waals surface area contributed by atoms with E-state index in [4.69, 9.17) is 5.73 Å². The Kier molecular flexibility index (Phi) is 2.37. The number of H-pyrrole nitrogens is 1. The van der Waals surface area contributed by atoms with Gasteiger partial charge in [-0.3, -0.25) is 4.79 Å². The van der Waals surface area contributed by atoms with Gasteiger partial charge in [0.15, 0.2) is 0 Å². The largest absolute Gasteiger partial charge is 0.328 e. The number of aromatic nitrogens is 2. The van der Waals surface area contributed by atoms with Crippen LogP contribution in [-0.4, -0.2) is 16.0 Å². The van der Waals surface area contributed by atoms with E-state index in [9.17, 15) is 4.79 Å². The average molecular weight is 193 g/mol. The molecule has 1 atom stereocenters. The quantitative estimate of drug-likeness (QED) is 0.735. The Morgan fingerprint density at radius 1 is 1.71 bits per heavy atom. The average Bonchev–Trinajstić information content (AvgIpc) is 2.82. The minimum atomic E-state index is -0.0578. The van der Waals surface area contributed by atoms with Gasteiger partial charge in [-0.15, -0.1) is 0 Å². The lowest BCUT2D eigenvalue weighted by Gasteiger charge is -2.05. The van der Waals surface area contributed by atoms with Crippen molar-refractivity contribution < 1.29 is 0 Å². The van der Waals surface area contributed by atoms with Crippen LogP contribution in [0.4, 0.5) is 0 Å². The third kappa shape index (κ3) is 2.20. The molecule has 1 aliphatic rings. The zero-order chi connectivity index (χ0) is 10.1. The van der Waals surface area contributed by atoms with E-state index in [1.54, 1.807) is 0 Å². The summed E-state index contributed by atoms with van der Waals surface area (Å²) in [6, 6.07) is 1.59. The van der Waals surface area contributed by atoms with E-state index in [0.29, 0.717) is 12.3 Å². The van der Waals surface area contributed by atoms with Crippen LogP contribution < -0.4 is 11.3 Å². The molecular weight excluding hydrogens is 178 g/mol. The topological polar surface area (TPSA) is 71.8 Å². The van der Waals surface area contributed by atoms with Gasteiger partial charge in [0, 0.05) is 30.1 Å². The summed E-state index contributed by atoms with van der Waals surface area (Å²) in [5, 5.41) is 0.